The van der Waals surface area contributed by atoms with E-state index < -0.39 is 11.9 Å². The van der Waals surface area contributed by atoms with Gasteiger partial charge in [-0.1, -0.05) is 54.6 Å². The molecule has 0 heterocycles. The first-order chi connectivity index (χ1) is 17.0. The van der Waals surface area contributed by atoms with Crippen molar-refractivity contribution in [3.05, 3.63) is 91.0 Å². The molecule has 6 rings (SSSR count). The van der Waals surface area contributed by atoms with Crippen molar-refractivity contribution in [2.24, 2.45) is 0 Å². The third-order valence-corrected chi connectivity index (χ3v) is 7.46. The van der Waals surface area contributed by atoms with Gasteiger partial charge in [-0.25, -0.2) is 0 Å². The molecule has 0 saturated heterocycles. The fraction of sp³-hybridized carbons (Fsp3) is 0.0667. The SMILES string of the molecule is O=C(O)CCC(=O)O[Si]c1cccc2cc3ccc4cc5cc6ccccc6cc5cc4c3cc12. The van der Waals surface area contributed by atoms with Crippen LogP contribution >= 0.6 is 0 Å². The molecule has 0 fully saturated rings. The Morgan fingerprint density at radius 1 is 0.600 bits per heavy atom. The molecule has 4 nitrogen and oxygen atoms in total. The summed E-state index contributed by atoms with van der Waals surface area (Å²) in [4.78, 5) is 22.7. The average Bonchev–Trinajstić information content (AvgIpc) is 2.87. The number of carbonyl (C=O) groups is 2. The van der Waals surface area contributed by atoms with Crippen LogP contribution in [-0.2, 0) is 14.0 Å². The number of carbonyl (C=O) groups excluding carboxylic acids is 1. The van der Waals surface area contributed by atoms with E-state index in [0.29, 0.717) is 0 Å². The van der Waals surface area contributed by atoms with E-state index in [0.717, 1.165) is 26.7 Å². The van der Waals surface area contributed by atoms with Crippen molar-refractivity contribution in [2.75, 3.05) is 0 Å². The third-order valence-electron chi connectivity index (χ3n) is 6.47. The molecule has 0 aliphatic heterocycles. The van der Waals surface area contributed by atoms with Gasteiger partial charge in [0.25, 0.3) is 5.97 Å². The van der Waals surface area contributed by atoms with Crippen molar-refractivity contribution in [1.29, 1.82) is 0 Å². The molecule has 0 saturated carbocycles. The molecule has 0 unspecified atom stereocenters. The van der Waals surface area contributed by atoms with E-state index in [1.807, 2.05) is 12.1 Å². The van der Waals surface area contributed by atoms with E-state index in [4.69, 9.17) is 9.53 Å². The fourth-order valence-electron chi connectivity index (χ4n) is 4.74. The molecule has 1 N–H and O–H groups in total. The topological polar surface area (TPSA) is 63.6 Å². The Bertz CT molecular complexity index is 1810. The van der Waals surface area contributed by atoms with E-state index in [1.54, 1.807) is 0 Å². The highest BCUT2D eigenvalue weighted by Gasteiger charge is 2.12. The van der Waals surface area contributed by atoms with E-state index in [-0.39, 0.29) is 22.6 Å². The molecule has 5 heteroatoms. The Hall–Kier alpha value is -4.22. The minimum absolute atomic E-state index is 0.123. The molecule has 0 atom stereocenters. The van der Waals surface area contributed by atoms with Gasteiger partial charge in [0.05, 0.1) is 12.8 Å². The van der Waals surface area contributed by atoms with Crippen molar-refractivity contribution in [1.82, 2.24) is 0 Å². The van der Waals surface area contributed by atoms with E-state index in [9.17, 15) is 9.59 Å². The van der Waals surface area contributed by atoms with Gasteiger partial charge in [-0.05, 0) is 95.4 Å². The molecule has 6 aromatic carbocycles. The van der Waals surface area contributed by atoms with E-state index in [2.05, 4.69) is 78.9 Å². The molecule has 0 spiro atoms. The maximum absolute atomic E-state index is 12.0. The van der Waals surface area contributed by atoms with Gasteiger partial charge in [0.2, 0.25) is 0 Å². The second kappa shape index (κ2) is 8.53. The average molecular weight is 473 g/mol. The number of aliphatic carboxylic acids is 1. The number of rotatable bonds is 5. The minimum Gasteiger partial charge on any atom is -0.511 e. The molecule has 6 aromatic rings. The summed E-state index contributed by atoms with van der Waals surface area (Å²) >= 11 is 0. The standard InChI is InChI=1S/C30H20O4Si/c31-29(32)10-11-30(33)34-35-28-7-3-6-20-14-21-8-9-22-15-23-12-18-4-1-2-5-19(18)13-24(23)16-25(22)26(21)17-27(20)28/h1-9,12-17H,10-11H2,(H,31,32). The molecule has 0 aliphatic rings. The van der Waals surface area contributed by atoms with E-state index >= 15 is 0 Å². The van der Waals surface area contributed by atoms with Gasteiger partial charge in [0.1, 0.15) is 0 Å². The van der Waals surface area contributed by atoms with Crippen molar-refractivity contribution >= 4 is 80.8 Å². The maximum Gasteiger partial charge on any atom is 0.355 e. The van der Waals surface area contributed by atoms with Crippen molar-refractivity contribution in [2.45, 2.75) is 12.8 Å². The zero-order valence-electron chi connectivity index (χ0n) is 18.7. The van der Waals surface area contributed by atoms with Gasteiger partial charge in [-0.15, -0.1) is 0 Å². The number of benzene rings is 6. The monoisotopic (exact) mass is 472 g/mol. The summed E-state index contributed by atoms with van der Waals surface area (Å²) in [5.41, 5.74) is 0. The molecule has 2 radical (unpaired) electrons. The first-order valence-corrected chi connectivity index (χ1v) is 12.4. The number of carboxylic acid groups (broad SMARTS) is 1. The number of hydrogen-bond donors (Lipinski definition) is 1. The Labute approximate surface area is 203 Å². The summed E-state index contributed by atoms with van der Waals surface area (Å²) < 4.78 is 5.41. The van der Waals surface area contributed by atoms with Crippen LogP contribution in [0.15, 0.2) is 91.0 Å². The lowest BCUT2D eigenvalue weighted by Gasteiger charge is -2.11. The Morgan fingerprint density at radius 3 is 1.89 bits per heavy atom. The van der Waals surface area contributed by atoms with Crippen molar-refractivity contribution in [3.8, 4) is 0 Å². The lowest BCUT2D eigenvalue weighted by atomic mass is 9.95. The second-order valence-electron chi connectivity index (χ2n) is 8.76. The zero-order chi connectivity index (χ0) is 23.9. The fourth-order valence-corrected chi connectivity index (χ4v) is 5.55. The first-order valence-electron chi connectivity index (χ1n) is 11.4. The van der Waals surface area contributed by atoms with Crippen LogP contribution in [-0.4, -0.2) is 26.8 Å². The number of fused-ring (bicyclic) bond motifs is 6. The zero-order valence-corrected chi connectivity index (χ0v) is 19.7. The summed E-state index contributed by atoms with van der Waals surface area (Å²) in [6, 6.07) is 32.1. The van der Waals surface area contributed by atoms with Crippen LogP contribution in [0, 0.1) is 0 Å². The second-order valence-corrected chi connectivity index (χ2v) is 9.70. The first kappa shape index (κ1) is 21.3. The van der Waals surface area contributed by atoms with Crippen LogP contribution in [0.3, 0.4) is 0 Å². The van der Waals surface area contributed by atoms with Crippen LogP contribution in [0.25, 0.3) is 53.9 Å². The van der Waals surface area contributed by atoms with Gasteiger partial charge in [0.15, 0.2) is 0 Å². The maximum atomic E-state index is 12.0. The van der Waals surface area contributed by atoms with Crippen LogP contribution in [0.4, 0.5) is 0 Å². The highest BCUT2D eigenvalue weighted by atomic mass is 28.2. The Kier molecular flexibility index (Phi) is 5.19. The molecule has 0 bridgehead atoms. The van der Waals surface area contributed by atoms with Crippen LogP contribution in [0.5, 0.6) is 0 Å². The quantitative estimate of drug-likeness (QED) is 0.187. The van der Waals surface area contributed by atoms with Crippen LogP contribution in [0.1, 0.15) is 12.8 Å². The normalized spacial score (nSPS) is 11.5. The Balaban J connectivity index is 1.48. The van der Waals surface area contributed by atoms with E-state index in [1.165, 1.54) is 32.3 Å². The largest absolute Gasteiger partial charge is 0.511 e. The molecule has 35 heavy (non-hydrogen) atoms. The summed E-state index contributed by atoms with van der Waals surface area (Å²) in [5, 5.41) is 21.4. The number of hydrogen-bond acceptors (Lipinski definition) is 3. The third kappa shape index (κ3) is 4.00. The molecular weight excluding hydrogens is 452 g/mol. The van der Waals surface area contributed by atoms with Gasteiger partial charge >= 0.3 is 15.7 Å². The molecule has 0 amide bonds. The highest BCUT2D eigenvalue weighted by molar-refractivity contribution is 6.53. The lowest BCUT2D eigenvalue weighted by Crippen LogP contribution is -2.22. The highest BCUT2D eigenvalue weighted by Crippen LogP contribution is 2.33. The van der Waals surface area contributed by atoms with Crippen LogP contribution < -0.4 is 5.19 Å². The van der Waals surface area contributed by atoms with Crippen molar-refractivity contribution in [3.63, 3.8) is 0 Å². The predicted octanol–water partition coefficient (Wildman–Crippen LogP) is 6.11. The van der Waals surface area contributed by atoms with Crippen molar-refractivity contribution < 1.29 is 19.1 Å². The van der Waals surface area contributed by atoms with Gasteiger partial charge in [-0.2, -0.15) is 0 Å². The molecule has 0 aromatic heterocycles. The smallest absolute Gasteiger partial charge is 0.355 e. The molecular formula is C30H20O4Si. The Morgan fingerprint density at radius 2 is 1.17 bits per heavy atom. The molecule has 0 aliphatic carbocycles. The summed E-state index contributed by atoms with van der Waals surface area (Å²) in [6.45, 7) is 0. The molecule has 168 valence electrons. The lowest BCUT2D eigenvalue weighted by molar-refractivity contribution is -0.142. The number of carboxylic acids is 1. The van der Waals surface area contributed by atoms with Gasteiger partial charge in [0, 0.05) is 0 Å². The van der Waals surface area contributed by atoms with Gasteiger partial charge in [-0.3, -0.25) is 9.59 Å². The summed E-state index contributed by atoms with van der Waals surface area (Å²) in [6.07, 6.45) is -0.346. The minimum atomic E-state index is -1.01. The summed E-state index contributed by atoms with van der Waals surface area (Å²) in [5.74, 6) is -1.50. The predicted molar refractivity (Wildman–Crippen MR) is 142 cm³/mol. The van der Waals surface area contributed by atoms with Crippen LogP contribution in [0.2, 0.25) is 0 Å². The summed E-state index contributed by atoms with van der Waals surface area (Å²) in [7, 11) is -0.179. The van der Waals surface area contributed by atoms with Gasteiger partial charge < -0.3 is 9.53 Å².